The molecule has 0 aromatic heterocycles. The highest BCUT2D eigenvalue weighted by atomic mass is 35.5. The van der Waals surface area contributed by atoms with Crippen LogP contribution in [0.1, 0.15) is 27.2 Å². The number of aliphatic hydroxyl groups is 1. The molecule has 0 fully saturated rings. The average Bonchev–Trinajstić information content (AvgIpc) is 2.13. The van der Waals surface area contributed by atoms with Crippen molar-refractivity contribution in [3.05, 3.63) is 0 Å². The molecular formula is C11H25ClN2O2. The number of hydrogen-bond acceptors (Lipinski definition) is 3. The molecule has 0 bridgehead atoms. The van der Waals surface area contributed by atoms with Crippen molar-refractivity contribution < 1.29 is 9.90 Å². The topological polar surface area (TPSA) is 61.4 Å². The molecule has 0 saturated carbocycles. The fourth-order valence-corrected chi connectivity index (χ4v) is 1.42. The van der Waals surface area contributed by atoms with E-state index in [2.05, 4.69) is 24.5 Å². The van der Waals surface area contributed by atoms with Gasteiger partial charge in [-0.15, -0.1) is 12.4 Å². The number of rotatable bonds is 7. The SMILES string of the molecule is CNCC(C)C(=O)NCC(O)CC(C)C.Cl. The molecule has 0 aromatic rings. The lowest BCUT2D eigenvalue weighted by Crippen LogP contribution is -2.38. The highest BCUT2D eigenvalue weighted by Gasteiger charge is 2.13. The molecule has 0 saturated heterocycles. The van der Waals surface area contributed by atoms with Gasteiger partial charge in [0.1, 0.15) is 0 Å². The molecule has 98 valence electrons. The highest BCUT2D eigenvalue weighted by molar-refractivity contribution is 5.85. The molecule has 0 spiro atoms. The van der Waals surface area contributed by atoms with E-state index in [4.69, 9.17) is 0 Å². The van der Waals surface area contributed by atoms with Crippen molar-refractivity contribution in [2.45, 2.75) is 33.3 Å². The van der Waals surface area contributed by atoms with Crippen LogP contribution >= 0.6 is 12.4 Å². The van der Waals surface area contributed by atoms with Gasteiger partial charge in [0, 0.05) is 19.0 Å². The number of aliphatic hydroxyl groups excluding tert-OH is 1. The van der Waals surface area contributed by atoms with Crippen molar-refractivity contribution in [2.24, 2.45) is 11.8 Å². The van der Waals surface area contributed by atoms with Crippen LogP contribution in [0.15, 0.2) is 0 Å². The second kappa shape index (κ2) is 9.87. The molecule has 16 heavy (non-hydrogen) atoms. The quantitative estimate of drug-likeness (QED) is 0.628. The molecule has 0 heterocycles. The second-order valence-corrected chi connectivity index (χ2v) is 4.49. The fourth-order valence-electron chi connectivity index (χ4n) is 1.42. The van der Waals surface area contributed by atoms with Crippen LogP contribution in [0.2, 0.25) is 0 Å². The maximum Gasteiger partial charge on any atom is 0.224 e. The molecular weight excluding hydrogens is 228 g/mol. The minimum absolute atomic E-state index is 0. The molecule has 5 heteroatoms. The maximum atomic E-state index is 11.5. The van der Waals surface area contributed by atoms with Crippen LogP contribution in [0.5, 0.6) is 0 Å². The predicted octanol–water partition coefficient (Wildman–Crippen LogP) is 0.787. The lowest BCUT2D eigenvalue weighted by Gasteiger charge is -2.16. The van der Waals surface area contributed by atoms with Crippen LogP contribution in [0.4, 0.5) is 0 Å². The monoisotopic (exact) mass is 252 g/mol. The Hall–Kier alpha value is -0.320. The van der Waals surface area contributed by atoms with Crippen LogP contribution in [0, 0.1) is 11.8 Å². The van der Waals surface area contributed by atoms with Gasteiger partial charge < -0.3 is 15.7 Å². The van der Waals surface area contributed by atoms with Gasteiger partial charge in [0.25, 0.3) is 0 Å². The van der Waals surface area contributed by atoms with Gasteiger partial charge in [0.2, 0.25) is 5.91 Å². The molecule has 1 amide bonds. The van der Waals surface area contributed by atoms with Gasteiger partial charge in [0.05, 0.1) is 6.10 Å². The minimum atomic E-state index is -0.435. The van der Waals surface area contributed by atoms with Gasteiger partial charge in [0.15, 0.2) is 0 Å². The Bertz CT molecular complexity index is 189. The minimum Gasteiger partial charge on any atom is -0.391 e. The Balaban J connectivity index is 0. The third kappa shape index (κ3) is 8.95. The lowest BCUT2D eigenvalue weighted by molar-refractivity contribution is -0.124. The molecule has 3 N–H and O–H groups in total. The molecule has 0 aliphatic heterocycles. The summed E-state index contributed by atoms with van der Waals surface area (Å²) in [5, 5.41) is 15.2. The summed E-state index contributed by atoms with van der Waals surface area (Å²) in [5.74, 6) is 0.389. The zero-order valence-electron chi connectivity index (χ0n) is 10.6. The van der Waals surface area contributed by atoms with E-state index < -0.39 is 6.10 Å². The molecule has 2 atom stereocenters. The summed E-state index contributed by atoms with van der Waals surface area (Å²) in [6.45, 7) is 6.97. The Morgan fingerprint density at radius 1 is 1.25 bits per heavy atom. The van der Waals surface area contributed by atoms with E-state index in [0.717, 1.165) is 6.42 Å². The van der Waals surface area contributed by atoms with Gasteiger partial charge in [-0.1, -0.05) is 20.8 Å². The van der Waals surface area contributed by atoms with Gasteiger partial charge in [-0.05, 0) is 19.4 Å². The Morgan fingerprint density at radius 2 is 1.81 bits per heavy atom. The summed E-state index contributed by atoms with van der Waals surface area (Å²) >= 11 is 0. The first-order chi connectivity index (χ1) is 6.97. The van der Waals surface area contributed by atoms with Crippen molar-refractivity contribution in [1.29, 1.82) is 0 Å². The summed E-state index contributed by atoms with van der Waals surface area (Å²) < 4.78 is 0. The largest absolute Gasteiger partial charge is 0.391 e. The fraction of sp³-hybridized carbons (Fsp3) is 0.909. The maximum absolute atomic E-state index is 11.5. The molecule has 4 nitrogen and oxygen atoms in total. The smallest absolute Gasteiger partial charge is 0.224 e. The lowest BCUT2D eigenvalue weighted by atomic mass is 10.1. The van der Waals surface area contributed by atoms with Crippen LogP contribution in [-0.2, 0) is 4.79 Å². The standard InChI is InChI=1S/C11H24N2O2.ClH/c1-8(2)5-10(14)7-13-11(15)9(3)6-12-4;/h8-10,12,14H,5-7H2,1-4H3,(H,13,15);1H. The number of hydrogen-bond donors (Lipinski definition) is 3. The van der Waals surface area contributed by atoms with Crippen LogP contribution < -0.4 is 10.6 Å². The predicted molar refractivity (Wildman–Crippen MR) is 68.8 cm³/mol. The molecule has 0 radical (unpaired) electrons. The van der Waals surface area contributed by atoms with Crippen molar-refractivity contribution in [2.75, 3.05) is 20.1 Å². The zero-order valence-corrected chi connectivity index (χ0v) is 11.4. The van der Waals surface area contributed by atoms with Crippen molar-refractivity contribution in [1.82, 2.24) is 10.6 Å². The molecule has 0 aromatic carbocycles. The molecule has 0 aliphatic rings. The first-order valence-corrected chi connectivity index (χ1v) is 5.57. The normalized spacial score (nSPS) is 14.1. The number of halogens is 1. The van der Waals surface area contributed by atoms with Gasteiger partial charge in [-0.3, -0.25) is 4.79 Å². The third-order valence-corrected chi connectivity index (χ3v) is 2.21. The first-order valence-electron chi connectivity index (χ1n) is 5.57. The van der Waals surface area contributed by atoms with Crippen LogP contribution in [-0.4, -0.2) is 37.3 Å². The van der Waals surface area contributed by atoms with Crippen molar-refractivity contribution in [3.8, 4) is 0 Å². The first kappa shape index (κ1) is 18.1. The van der Waals surface area contributed by atoms with E-state index in [0.29, 0.717) is 19.0 Å². The number of carbonyl (C=O) groups excluding carboxylic acids is 1. The average molecular weight is 253 g/mol. The van der Waals surface area contributed by atoms with E-state index in [-0.39, 0.29) is 24.2 Å². The van der Waals surface area contributed by atoms with Crippen LogP contribution in [0.3, 0.4) is 0 Å². The summed E-state index contributed by atoms with van der Waals surface area (Å²) in [7, 11) is 1.82. The summed E-state index contributed by atoms with van der Waals surface area (Å²) in [6, 6.07) is 0. The molecule has 0 aliphatic carbocycles. The Kier molecular flexibility index (Phi) is 11.1. The van der Waals surface area contributed by atoms with Gasteiger partial charge in [-0.2, -0.15) is 0 Å². The van der Waals surface area contributed by atoms with Gasteiger partial charge in [-0.25, -0.2) is 0 Å². The Labute approximate surface area is 105 Å². The van der Waals surface area contributed by atoms with Crippen LogP contribution in [0.25, 0.3) is 0 Å². The van der Waals surface area contributed by atoms with E-state index in [1.165, 1.54) is 0 Å². The molecule has 0 rings (SSSR count). The Morgan fingerprint density at radius 3 is 2.25 bits per heavy atom. The zero-order chi connectivity index (χ0) is 11.8. The number of nitrogens with one attached hydrogen (secondary N) is 2. The number of amides is 1. The van der Waals surface area contributed by atoms with E-state index in [1.807, 2.05) is 14.0 Å². The van der Waals surface area contributed by atoms with E-state index in [9.17, 15) is 9.90 Å². The van der Waals surface area contributed by atoms with E-state index in [1.54, 1.807) is 0 Å². The summed E-state index contributed by atoms with van der Waals surface area (Å²) in [5.41, 5.74) is 0. The summed E-state index contributed by atoms with van der Waals surface area (Å²) in [4.78, 5) is 11.5. The molecule has 2 unspecified atom stereocenters. The number of carbonyl (C=O) groups is 1. The van der Waals surface area contributed by atoms with Crippen molar-refractivity contribution >= 4 is 18.3 Å². The second-order valence-electron chi connectivity index (χ2n) is 4.49. The summed E-state index contributed by atoms with van der Waals surface area (Å²) in [6.07, 6.45) is 0.288. The van der Waals surface area contributed by atoms with Crippen molar-refractivity contribution in [3.63, 3.8) is 0 Å². The highest BCUT2D eigenvalue weighted by Crippen LogP contribution is 2.03. The van der Waals surface area contributed by atoms with Gasteiger partial charge >= 0.3 is 0 Å². The third-order valence-electron chi connectivity index (χ3n) is 2.21. The van der Waals surface area contributed by atoms with E-state index >= 15 is 0 Å².